The van der Waals surface area contributed by atoms with Crippen LogP contribution >= 0.6 is 0 Å². The van der Waals surface area contributed by atoms with Gasteiger partial charge in [0.05, 0.1) is 37.6 Å². The molecule has 0 spiro atoms. The fourth-order valence-electron chi connectivity index (χ4n) is 4.74. The van der Waals surface area contributed by atoms with Gasteiger partial charge in [-0.25, -0.2) is 0 Å². The first-order chi connectivity index (χ1) is 19.3. The molecule has 3 heterocycles. The second kappa shape index (κ2) is 25.9. The Balaban J connectivity index is 0.000000555. The van der Waals surface area contributed by atoms with E-state index in [1.54, 1.807) is 0 Å². The Morgan fingerprint density at radius 1 is 0.950 bits per heavy atom. The molecule has 4 aliphatic rings. The van der Waals surface area contributed by atoms with Crippen molar-refractivity contribution in [1.82, 2.24) is 5.32 Å². The smallest absolute Gasteiger partial charge is 0.158 e. The van der Waals surface area contributed by atoms with E-state index in [1.807, 2.05) is 7.05 Å². The molecular weight excluding hydrogens is 518 g/mol. The van der Waals surface area contributed by atoms with Gasteiger partial charge in [-0.1, -0.05) is 0 Å². The lowest BCUT2D eigenvalue weighted by Crippen LogP contribution is -2.45. The number of aliphatic hydroxyl groups is 2. The maximum absolute atomic E-state index is 9.32. The third-order valence-electron chi connectivity index (χ3n) is 7.09. The monoisotopic (exact) mass is 579 g/mol. The van der Waals surface area contributed by atoms with Gasteiger partial charge in [-0.15, -0.1) is 0 Å². The van der Waals surface area contributed by atoms with Gasteiger partial charge in [0.15, 0.2) is 6.29 Å². The average molecular weight is 580 g/mol. The van der Waals surface area contributed by atoms with Gasteiger partial charge in [0.1, 0.15) is 6.29 Å². The zero-order valence-electron chi connectivity index (χ0n) is 25.3. The largest absolute Gasteiger partial charge is 0.400 e. The minimum absolute atomic E-state index is 0.0441. The van der Waals surface area contributed by atoms with Crippen LogP contribution in [0.25, 0.3) is 0 Å². The number of aldehydes is 1. The molecule has 0 bridgehead atoms. The van der Waals surface area contributed by atoms with Crippen LogP contribution < -0.4 is 28.3 Å². The minimum atomic E-state index is -0.153. The molecule has 240 valence electrons. The summed E-state index contributed by atoms with van der Waals surface area (Å²) in [5, 5.41) is 19.3. The summed E-state index contributed by atoms with van der Waals surface area (Å²) < 4.78 is 22.1. The van der Waals surface area contributed by atoms with E-state index in [1.165, 1.54) is 12.8 Å². The molecule has 3 aliphatic heterocycles. The third kappa shape index (κ3) is 19.4. The second-order valence-corrected chi connectivity index (χ2v) is 10.6. The highest BCUT2D eigenvalue weighted by atomic mass is 16.7. The molecule has 4 fully saturated rings. The highest BCUT2D eigenvalue weighted by Gasteiger charge is 2.32. The van der Waals surface area contributed by atoms with Gasteiger partial charge in [0, 0.05) is 51.2 Å². The topological polar surface area (TPSA) is 211 Å². The summed E-state index contributed by atoms with van der Waals surface area (Å²) in [5.74, 6) is 0. The van der Waals surface area contributed by atoms with Crippen molar-refractivity contribution >= 4 is 6.29 Å². The standard InChI is InChI=1S/C12H24N2O3.2C6H13NO.C3H7NO.CH4O/c1-14-9-4-8(13)5-11(6-9)17-12-3-2-10(7-15)16-12;1-5-2-3-6(7)4-8-5;7-5-6-3-1-2-4-8-6;4-2-1-3-5;1-2/h8-12,14-15H,2-7,13H2,1H3;5-6H,2-4,7H2,1H3;6H,1-5,7H2;3H,1-2,4H2;2H,1H3/t;5-,6+;;;/m.0.../s1. The maximum Gasteiger partial charge on any atom is 0.158 e. The lowest BCUT2D eigenvalue weighted by molar-refractivity contribution is -0.175. The van der Waals surface area contributed by atoms with E-state index in [2.05, 4.69) is 12.2 Å². The van der Waals surface area contributed by atoms with Gasteiger partial charge in [0.2, 0.25) is 0 Å². The van der Waals surface area contributed by atoms with Gasteiger partial charge >= 0.3 is 0 Å². The van der Waals surface area contributed by atoms with Crippen molar-refractivity contribution in [3.63, 3.8) is 0 Å². The molecule has 0 aromatic rings. The Morgan fingerprint density at radius 2 is 1.70 bits per heavy atom. The lowest BCUT2D eigenvalue weighted by atomic mass is 9.89. The number of ether oxygens (including phenoxy) is 4. The molecule has 8 atom stereocenters. The summed E-state index contributed by atoms with van der Waals surface area (Å²) in [7, 11) is 2.97. The zero-order valence-corrected chi connectivity index (χ0v) is 25.3. The molecule has 11 N–H and O–H groups in total. The van der Waals surface area contributed by atoms with Crippen LogP contribution in [0.15, 0.2) is 0 Å². The Kier molecular flexibility index (Phi) is 25.4. The number of hydrogen-bond acceptors (Lipinski definition) is 12. The normalized spacial score (nSPS) is 33.3. The molecule has 0 radical (unpaired) electrons. The van der Waals surface area contributed by atoms with Crippen LogP contribution in [0.1, 0.15) is 77.6 Å². The van der Waals surface area contributed by atoms with Crippen molar-refractivity contribution < 1.29 is 34.0 Å². The SMILES string of the molecule is CNC1CC(N)CC(OC2CCC(CO)O2)C1.CO.C[C@H]1CC[C@@H](N)CO1.NCC1CCCCO1.NCCC=O. The van der Waals surface area contributed by atoms with Gasteiger partial charge < -0.3 is 62.2 Å². The van der Waals surface area contributed by atoms with Crippen molar-refractivity contribution in [2.24, 2.45) is 22.9 Å². The van der Waals surface area contributed by atoms with Crippen molar-refractivity contribution in [2.45, 2.75) is 126 Å². The quantitative estimate of drug-likeness (QED) is 0.201. The number of aliphatic hydroxyl groups excluding tert-OH is 2. The van der Waals surface area contributed by atoms with E-state index in [-0.39, 0.29) is 31.1 Å². The molecule has 1 saturated carbocycles. The average Bonchev–Trinajstić information content (AvgIpc) is 3.44. The Hall–Kier alpha value is -0.770. The molecular formula is C28H61N5O7. The number of carbonyl (C=O) groups is 1. The van der Waals surface area contributed by atoms with Crippen LogP contribution in [-0.2, 0) is 23.7 Å². The molecule has 0 amide bonds. The molecule has 0 aromatic carbocycles. The fourth-order valence-corrected chi connectivity index (χ4v) is 4.74. The fraction of sp³-hybridized carbons (Fsp3) is 0.964. The van der Waals surface area contributed by atoms with Crippen LogP contribution in [0, 0.1) is 0 Å². The number of carbonyl (C=O) groups excluding carboxylic acids is 1. The third-order valence-corrected chi connectivity index (χ3v) is 7.09. The van der Waals surface area contributed by atoms with E-state index < -0.39 is 0 Å². The van der Waals surface area contributed by atoms with Crippen LogP contribution in [-0.4, -0.2) is 112 Å². The number of nitrogens with one attached hydrogen (secondary N) is 1. The van der Waals surface area contributed by atoms with Crippen LogP contribution in [0.5, 0.6) is 0 Å². The van der Waals surface area contributed by atoms with E-state index in [0.29, 0.717) is 43.8 Å². The first-order valence-electron chi connectivity index (χ1n) is 15.0. The first kappa shape index (κ1) is 39.2. The first-order valence-corrected chi connectivity index (χ1v) is 15.0. The highest BCUT2D eigenvalue weighted by molar-refractivity contribution is 5.49. The summed E-state index contributed by atoms with van der Waals surface area (Å²) in [5.41, 5.74) is 21.9. The van der Waals surface area contributed by atoms with E-state index in [0.717, 1.165) is 78.0 Å². The Bertz CT molecular complexity index is 557. The van der Waals surface area contributed by atoms with E-state index >= 15 is 0 Å². The number of nitrogens with two attached hydrogens (primary N) is 4. The predicted molar refractivity (Wildman–Crippen MR) is 158 cm³/mol. The molecule has 0 aromatic heterocycles. The minimum Gasteiger partial charge on any atom is -0.400 e. The van der Waals surface area contributed by atoms with Crippen LogP contribution in [0.4, 0.5) is 0 Å². The summed E-state index contributed by atoms with van der Waals surface area (Å²) >= 11 is 0. The highest BCUT2D eigenvalue weighted by Crippen LogP contribution is 2.27. The summed E-state index contributed by atoms with van der Waals surface area (Å²) in [6.45, 7) is 5.02. The van der Waals surface area contributed by atoms with Crippen molar-refractivity contribution in [1.29, 1.82) is 0 Å². The summed E-state index contributed by atoms with van der Waals surface area (Å²) in [6, 6.07) is 0.950. The Labute approximate surface area is 242 Å². The molecule has 12 heteroatoms. The Morgan fingerprint density at radius 3 is 2.12 bits per heavy atom. The molecule has 3 saturated heterocycles. The molecule has 4 rings (SSSR count). The van der Waals surface area contributed by atoms with Crippen molar-refractivity contribution in [2.75, 3.05) is 47.1 Å². The molecule has 6 unspecified atom stereocenters. The lowest BCUT2D eigenvalue weighted by Gasteiger charge is -2.34. The summed E-state index contributed by atoms with van der Waals surface area (Å²) in [4.78, 5) is 9.32. The molecule has 12 nitrogen and oxygen atoms in total. The van der Waals surface area contributed by atoms with Gasteiger partial charge in [0.25, 0.3) is 0 Å². The maximum atomic E-state index is 9.32. The number of hydrogen-bond donors (Lipinski definition) is 7. The molecule has 40 heavy (non-hydrogen) atoms. The van der Waals surface area contributed by atoms with Crippen molar-refractivity contribution in [3.05, 3.63) is 0 Å². The van der Waals surface area contributed by atoms with Gasteiger partial charge in [-0.05, 0) is 78.3 Å². The zero-order chi connectivity index (χ0) is 30.2. The van der Waals surface area contributed by atoms with Crippen LogP contribution in [0.3, 0.4) is 0 Å². The van der Waals surface area contributed by atoms with Crippen molar-refractivity contribution in [3.8, 4) is 0 Å². The van der Waals surface area contributed by atoms with Gasteiger partial charge in [-0.3, -0.25) is 0 Å². The van der Waals surface area contributed by atoms with Gasteiger partial charge in [-0.2, -0.15) is 0 Å². The summed E-state index contributed by atoms with van der Waals surface area (Å²) in [6.07, 6.45) is 12.7. The van der Waals surface area contributed by atoms with Crippen LogP contribution in [0.2, 0.25) is 0 Å². The predicted octanol–water partition coefficient (Wildman–Crippen LogP) is 0.138. The molecule has 1 aliphatic carbocycles. The number of rotatable bonds is 7. The van der Waals surface area contributed by atoms with E-state index in [4.69, 9.17) is 52.1 Å². The second-order valence-electron chi connectivity index (χ2n) is 10.6. The van der Waals surface area contributed by atoms with E-state index in [9.17, 15) is 4.79 Å².